The Hall–Kier alpha value is -2.27. The van der Waals surface area contributed by atoms with Gasteiger partial charge in [0.05, 0.1) is 12.3 Å². The van der Waals surface area contributed by atoms with E-state index in [0.717, 1.165) is 16.8 Å². The van der Waals surface area contributed by atoms with Gasteiger partial charge in [-0.2, -0.15) is 0 Å². The lowest BCUT2D eigenvalue weighted by Crippen LogP contribution is -2.28. The molecule has 1 heterocycles. The van der Waals surface area contributed by atoms with Crippen molar-refractivity contribution >= 4 is 5.91 Å². The zero-order valence-electron chi connectivity index (χ0n) is 10.6. The van der Waals surface area contributed by atoms with Gasteiger partial charge in [0.2, 0.25) is 0 Å². The minimum Gasteiger partial charge on any atom is -0.395 e. The van der Waals surface area contributed by atoms with Gasteiger partial charge in [0, 0.05) is 12.1 Å². The summed E-state index contributed by atoms with van der Waals surface area (Å²) in [5.74, 6) is -0.321. The van der Waals surface area contributed by atoms with E-state index in [1.54, 1.807) is 0 Å². The highest BCUT2D eigenvalue weighted by atomic mass is 16.3. The van der Waals surface area contributed by atoms with Gasteiger partial charge in [-0.3, -0.25) is 4.79 Å². The van der Waals surface area contributed by atoms with Crippen LogP contribution in [0.3, 0.4) is 0 Å². The van der Waals surface area contributed by atoms with Crippen molar-refractivity contribution in [1.82, 2.24) is 15.5 Å². The first kappa shape index (κ1) is 13.2. The van der Waals surface area contributed by atoms with E-state index in [2.05, 4.69) is 15.5 Å². The summed E-state index contributed by atoms with van der Waals surface area (Å²) in [7, 11) is 0. The van der Waals surface area contributed by atoms with Gasteiger partial charge in [-0.15, -0.1) is 10.2 Å². The van der Waals surface area contributed by atoms with Gasteiger partial charge in [-0.05, 0) is 18.6 Å². The molecule has 0 saturated heterocycles. The largest absolute Gasteiger partial charge is 0.395 e. The Bertz CT molecular complexity index is 570. The van der Waals surface area contributed by atoms with Crippen LogP contribution >= 0.6 is 0 Å². The average Bonchev–Trinajstić information content (AvgIpc) is 2.45. The summed E-state index contributed by atoms with van der Waals surface area (Å²) < 4.78 is 0. The minimum atomic E-state index is -0.321. The summed E-state index contributed by atoms with van der Waals surface area (Å²) in [5, 5.41) is 19.3. The molecule has 0 spiro atoms. The number of nitrogens with zero attached hydrogens (tertiary/aromatic N) is 2. The molecular formula is C14H15N3O2. The quantitative estimate of drug-likeness (QED) is 0.862. The number of hydrogen-bond donors (Lipinski definition) is 2. The first-order valence-corrected chi connectivity index (χ1v) is 6.01. The third kappa shape index (κ3) is 3.14. The van der Waals surface area contributed by atoms with E-state index in [1.807, 2.05) is 43.3 Å². The monoisotopic (exact) mass is 257 g/mol. The van der Waals surface area contributed by atoms with Gasteiger partial charge in [0.15, 0.2) is 5.69 Å². The summed E-state index contributed by atoms with van der Waals surface area (Å²) >= 11 is 0. The molecule has 2 N–H and O–H groups in total. The van der Waals surface area contributed by atoms with Crippen molar-refractivity contribution in [3.05, 3.63) is 47.7 Å². The molecule has 5 nitrogen and oxygen atoms in total. The number of rotatable bonds is 4. The SMILES string of the molecule is Cc1cc(-c2ccccc2)nnc1C(=O)NCCO. The van der Waals surface area contributed by atoms with Gasteiger partial charge in [-0.1, -0.05) is 30.3 Å². The molecule has 19 heavy (non-hydrogen) atoms. The van der Waals surface area contributed by atoms with Crippen LogP contribution in [0, 0.1) is 6.92 Å². The molecule has 0 aliphatic heterocycles. The maximum atomic E-state index is 11.7. The Morgan fingerprint density at radius 2 is 2.00 bits per heavy atom. The Morgan fingerprint density at radius 1 is 1.26 bits per heavy atom. The first-order valence-electron chi connectivity index (χ1n) is 6.01. The summed E-state index contributed by atoms with van der Waals surface area (Å²) in [4.78, 5) is 11.7. The van der Waals surface area contributed by atoms with Crippen LogP contribution in [0.1, 0.15) is 16.1 Å². The van der Waals surface area contributed by atoms with E-state index < -0.39 is 0 Å². The number of amides is 1. The van der Waals surface area contributed by atoms with Crippen LogP contribution < -0.4 is 5.32 Å². The molecule has 0 radical (unpaired) electrons. The van der Waals surface area contributed by atoms with E-state index in [1.165, 1.54) is 0 Å². The van der Waals surface area contributed by atoms with Gasteiger partial charge in [0.1, 0.15) is 0 Å². The van der Waals surface area contributed by atoms with Crippen molar-refractivity contribution in [2.24, 2.45) is 0 Å². The lowest BCUT2D eigenvalue weighted by Gasteiger charge is -2.06. The zero-order chi connectivity index (χ0) is 13.7. The fourth-order valence-electron chi connectivity index (χ4n) is 1.71. The molecule has 0 fully saturated rings. The van der Waals surface area contributed by atoms with Crippen LogP contribution in [-0.4, -0.2) is 34.4 Å². The number of carbonyl (C=O) groups is 1. The second-order valence-corrected chi connectivity index (χ2v) is 4.11. The van der Waals surface area contributed by atoms with Crippen LogP contribution in [-0.2, 0) is 0 Å². The van der Waals surface area contributed by atoms with Crippen LogP contribution in [0.25, 0.3) is 11.3 Å². The molecule has 0 saturated carbocycles. The first-order chi connectivity index (χ1) is 9.22. The van der Waals surface area contributed by atoms with Gasteiger partial charge in [-0.25, -0.2) is 0 Å². The summed E-state index contributed by atoms with van der Waals surface area (Å²) in [6.45, 7) is 1.93. The number of nitrogens with one attached hydrogen (secondary N) is 1. The third-order valence-corrected chi connectivity index (χ3v) is 2.67. The molecule has 1 aromatic heterocycles. The molecule has 0 aliphatic carbocycles. The van der Waals surface area contributed by atoms with E-state index in [4.69, 9.17) is 5.11 Å². The molecule has 0 bridgehead atoms. The average molecular weight is 257 g/mol. The Labute approximate surface area is 111 Å². The summed E-state index contributed by atoms with van der Waals surface area (Å²) in [6, 6.07) is 11.5. The molecule has 0 aliphatic rings. The fraction of sp³-hybridized carbons (Fsp3) is 0.214. The number of hydrogen-bond acceptors (Lipinski definition) is 4. The number of aromatic nitrogens is 2. The number of carbonyl (C=O) groups excluding carboxylic acids is 1. The summed E-state index contributed by atoms with van der Waals surface area (Å²) in [5.41, 5.74) is 2.73. The topological polar surface area (TPSA) is 75.1 Å². The molecule has 5 heteroatoms. The molecule has 0 unspecified atom stereocenters. The Morgan fingerprint density at radius 3 is 2.63 bits per heavy atom. The van der Waals surface area contributed by atoms with Crippen molar-refractivity contribution in [1.29, 1.82) is 0 Å². The second kappa shape index (κ2) is 6.06. The standard InChI is InChI=1S/C14H15N3O2/c1-10-9-12(11-5-3-2-4-6-11)16-17-13(10)14(19)15-7-8-18/h2-6,9,18H,7-8H2,1H3,(H,15,19). The molecule has 1 aromatic carbocycles. The maximum Gasteiger partial charge on any atom is 0.272 e. The van der Waals surface area contributed by atoms with Crippen molar-refractivity contribution < 1.29 is 9.90 Å². The van der Waals surface area contributed by atoms with E-state index in [0.29, 0.717) is 0 Å². The highest BCUT2D eigenvalue weighted by Crippen LogP contribution is 2.17. The highest BCUT2D eigenvalue weighted by molar-refractivity contribution is 5.93. The minimum absolute atomic E-state index is 0.0969. The van der Waals surface area contributed by atoms with Gasteiger partial charge >= 0.3 is 0 Å². The molecule has 98 valence electrons. The predicted molar refractivity (Wildman–Crippen MR) is 71.6 cm³/mol. The zero-order valence-corrected chi connectivity index (χ0v) is 10.6. The van der Waals surface area contributed by atoms with Crippen LogP contribution in [0.15, 0.2) is 36.4 Å². The number of aliphatic hydroxyl groups excluding tert-OH is 1. The molecule has 2 rings (SSSR count). The number of aryl methyl sites for hydroxylation is 1. The van der Waals surface area contributed by atoms with Crippen molar-refractivity contribution in [2.75, 3.05) is 13.2 Å². The normalized spacial score (nSPS) is 10.2. The Balaban J connectivity index is 2.25. The van der Waals surface area contributed by atoms with Crippen molar-refractivity contribution in [3.8, 4) is 11.3 Å². The van der Waals surface area contributed by atoms with Crippen LogP contribution in [0.2, 0.25) is 0 Å². The highest BCUT2D eigenvalue weighted by Gasteiger charge is 2.12. The molecular weight excluding hydrogens is 242 g/mol. The Kier molecular flexibility index (Phi) is 4.20. The van der Waals surface area contributed by atoms with Crippen molar-refractivity contribution in [3.63, 3.8) is 0 Å². The van der Waals surface area contributed by atoms with E-state index >= 15 is 0 Å². The van der Waals surface area contributed by atoms with Gasteiger partial charge in [0.25, 0.3) is 5.91 Å². The van der Waals surface area contributed by atoms with Crippen molar-refractivity contribution in [2.45, 2.75) is 6.92 Å². The molecule has 2 aromatic rings. The van der Waals surface area contributed by atoms with Crippen LogP contribution in [0.4, 0.5) is 0 Å². The van der Waals surface area contributed by atoms with Gasteiger partial charge < -0.3 is 10.4 Å². The maximum absolute atomic E-state index is 11.7. The predicted octanol–water partition coefficient (Wildman–Crippen LogP) is 1.17. The fourth-order valence-corrected chi connectivity index (χ4v) is 1.71. The smallest absolute Gasteiger partial charge is 0.272 e. The number of aliphatic hydroxyl groups is 1. The number of benzene rings is 1. The van der Waals surface area contributed by atoms with E-state index in [-0.39, 0.29) is 24.8 Å². The second-order valence-electron chi connectivity index (χ2n) is 4.11. The molecule has 0 atom stereocenters. The molecule has 1 amide bonds. The lowest BCUT2D eigenvalue weighted by atomic mass is 10.1. The van der Waals surface area contributed by atoms with E-state index in [9.17, 15) is 4.79 Å². The summed E-state index contributed by atoms with van der Waals surface area (Å²) in [6.07, 6.45) is 0. The lowest BCUT2D eigenvalue weighted by molar-refractivity contribution is 0.0938. The third-order valence-electron chi connectivity index (χ3n) is 2.67. The van der Waals surface area contributed by atoms with Crippen LogP contribution in [0.5, 0.6) is 0 Å².